The molecular formula is C11H9NS. The average Bonchev–Trinajstić information content (AvgIpc) is 2.20. The van der Waals surface area contributed by atoms with Crippen LogP contribution in [-0.2, 0) is 0 Å². The van der Waals surface area contributed by atoms with E-state index in [-0.39, 0.29) is 0 Å². The van der Waals surface area contributed by atoms with Gasteiger partial charge in [-0.25, -0.2) is 0 Å². The van der Waals surface area contributed by atoms with E-state index < -0.39 is 0 Å². The lowest BCUT2D eigenvalue weighted by Crippen LogP contribution is -1.80. The molecule has 1 aromatic heterocycles. The van der Waals surface area contributed by atoms with Crippen LogP contribution in [0.3, 0.4) is 0 Å². The lowest BCUT2D eigenvalue weighted by Gasteiger charge is -1.99. The normalized spacial score (nSPS) is 9.85. The van der Waals surface area contributed by atoms with Gasteiger partial charge in [0.2, 0.25) is 0 Å². The summed E-state index contributed by atoms with van der Waals surface area (Å²) in [6, 6.07) is 14.1. The third-order valence-electron chi connectivity index (χ3n) is 1.90. The van der Waals surface area contributed by atoms with Crippen LogP contribution in [0.25, 0.3) is 11.1 Å². The van der Waals surface area contributed by atoms with E-state index in [0.29, 0.717) is 0 Å². The Labute approximate surface area is 82.1 Å². The molecule has 2 aromatic rings. The van der Waals surface area contributed by atoms with Crippen molar-refractivity contribution in [1.82, 2.24) is 4.98 Å². The fourth-order valence-corrected chi connectivity index (χ4v) is 1.52. The summed E-state index contributed by atoms with van der Waals surface area (Å²) in [5.74, 6) is 0. The molecule has 1 aromatic carbocycles. The number of benzene rings is 1. The van der Waals surface area contributed by atoms with Crippen molar-refractivity contribution in [2.75, 3.05) is 0 Å². The standard InChI is InChI=1S/C11H9NS/c13-11-10(7-4-8-12-11)9-5-2-1-3-6-9/h1-8H,(H,12,13). The van der Waals surface area contributed by atoms with Gasteiger partial charge in [-0.1, -0.05) is 42.5 Å². The summed E-state index contributed by atoms with van der Waals surface area (Å²) in [6.07, 6.45) is 1.84. The molecule has 0 aliphatic carbocycles. The van der Waals surface area contributed by atoms with E-state index in [4.69, 9.17) is 12.2 Å². The molecule has 0 spiro atoms. The second-order valence-electron chi connectivity index (χ2n) is 2.78. The second-order valence-corrected chi connectivity index (χ2v) is 3.19. The predicted molar refractivity (Wildman–Crippen MR) is 57.1 cm³/mol. The fraction of sp³-hybridized carbons (Fsp3) is 0. The lowest BCUT2D eigenvalue weighted by molar-refractivity contribution is 1.30. The molecular weight excluding hydrogens is 178 g/mol. The van der Waals surface area contributed by atoms with Gasteiger partial charge in [-0.2, -0.15) is 0 Å². The molecule has 2 rings (SSSR count). The van der Waals surface area contributed by atoms with Gasteiger partial charge >= 0.3 is 0 Å². The van der Waals surface area contributed by atoms with E-state index in [0.717, 1.165) is 15.8 Å². The van der Waals surface area contributed by atoms with Crippen LogP contribution in [0.4, 0.5) is 0 Å². The third kappa shape index (κ3) is 1.68. The number of hydrogen-bond donors (Lipinski definition) is 1. The largest absolute Gasteiger partial charge is 0.352 e. The van der Waals surface area contributed by atoms with E-state index in [2.05, 4.69) is 17.1 Å². The summed E-state index contributed by atoms with van der Waals surface area (Å²) in [4.78, 5) is 3.01. The second kappa shape index (κ2) is 3.54. The highest BCUT2D eigenvalue weighted by Crippen LogP contribution is 2.18. The Bertz CT molecular complexity index is 445. The molecule has 2 heteroatoms. The van der Waals surface area contributed by atoms with Crippen LogP contribution in [0, 0.1) is 4.64 Å². The maximum atomic E-state index is 5.18. The molecule has 0 aliphatic heterocycles. The van der Waals surface area contributed by atoms with Crippen LogP contribution in [0.1, 0.15) is 0 Å². The molecule has 13 heavy (non-hydrogen) atoms. The lowest BCUT2D eigenvalue weighted by atomic mass is 10.1. The Kier molecular flexibility index (Phi) is 2.23. The molecule has 0 aliphatic rings. The summed E-state index contributed by atoms with van der Waals surface area (Å²) in [6.45, 7) is 0. The highest BCUT2D eigenvalue weighted by Gasteiger charge is 1.96. The molecule has 0 unspecified atom stereocenters. The van der Waals surface area contributed by atoms with Crippen LogP contribution in [0.5, 0.6) is 0 Å². The summed E-state index contributed by atoms with van der Waals surface area (Å²) in [7, 11) is 0. The highest BCUT2D eigenvalue weighted by atomic mass is 32.1. The minimum absolute atomic E-state index is 0.786. The Morgan fingerprint density at radius 1 is 0.923 bits per heavy atom. The van der Waals surface area contributed by atoms with E-state index in [9.17, 15) is 0 Å². The molecule has 1 heterocycles. The predicted octanol–water partition coefficient (Wildman–Crippen LogP) is 3.41. The van der Waals surface area contributed by atoms with Crippen molar-refractivity contribution >= 4 is 12.2 Å². The van der Waals surface area contributed by atoms with Gasteiger partial charge in [0.15, 0.2) is 0 Å². The van der Waals surface area contributed by atoms with Crippen molar-refractivity contribution in [3.05, 3.63) is 53.3 Å². The summed E-state index contributed by atoms with van der Waals surface area (Å²) < 4.78 is 0.786. The third-order valence-corrected chi connectivity index (χ3v) is 2.24. The quantitative estimate of drug-likeness (QED) is 0.676. The first-order valence-electron chi connectivity index (χ1n) is 4.11. The molecule has 0 amide bonds. The van der Waals surface area contributed by atoms with Gasteiger partial charge in [-0.15, -0.1) is 0 Å². The fourth-order valence-electron chi connectivity index (χ4n) is 1.27. The van der Waals surface area contributed by atoms with Gasteiger partial charge in [0.1, 0.15) is 4.64 Å². The summed E-state index contributed by atoms with van der Waals surface area (Å²) in [5.41, 5.74) is 2.24. The van der Waals surface area contributed by atoms with Crippen LogP contribution in [0.15, 0.2) is 48.7 Å². The van der Waals surface area contributed by atoms with E-state index in [1.54, 1.807) is 0 Å². The number of aromatic nitrogens is 1. The zero-order chi connectivity index (χ0) is 9.10. The van der Waals surface area contributed by atoms with Crippen molar-refractivity contribution in [3.63, 3.8) is 0 Å². The van der Waals surface area contributed by atoms with Gasteiger partial charge in [0.25, 0.3) is 0 Å². The van der Waals surface area contributed by atoms with Gasteiger partial charge in [0, 0.05) is 11.8 Å². The zero-order valence-corrected chi connectivity index (χ0v) is 7.84. The number of hydrogen-bond acceptors (Lipinski definition) is 1. The Balaban J connectivity index is 2.60. The summed E-state index contributed by atoms with van der Waals surface area (Å²) >= 11 is 5.18. The molecule has 1 nitrogen and oxygen atoms in total. The number of pyridine rings is 1. The van der Waals surface area contributed by atoms with Crippen LogP contribution >= 0.6 is 12.2 Å². The molecule has 0 bridgehead atoms. The van der Waals surface area contributed by atoms with Crippen molar-refractivity contribution in [2.45, 2.75) is 0 Å². The molecule has 0 saturated heterocycles. The van der Waals surface area contributed by atoms with Crippen LogP contribution < -0.4 is 0 Å². The minimum Gasteiger partial charge on any atom is -0.352 e. The van der Waals surface area contributed by atoms with Crippen molar-refractivity contribution < 1.29 is 0 Å². The molecule has 0 fully saturated rings. The Morgan fingerprint density at radius 3 is 2.38 bits per heavy atom. The van der Waals surface area contributed by atoms with Crippen LogP contribution in [0.2, 0.25) is 0 Å². The van der Waals surface area contributed by atoms with Gasteiger partial charge in [0.05, 0.1) is 0 Å². The highest BCUT2D eigenvalue weighted by molar-refractivity contribution is 7.71. The van der Waals surface area contributed by atoms with E-state index in [1.807, 2.05) is 36.5 Å². The van der Waals surface area contributed by atoms with Gasteiger partial charge < -0.3 is 4.98 Å². The molecule has 0 radical (unpaired) electrons. The van der Waals surface area contributed by atoms with Gasteiger partial charge in [-0.3, -0.25) is 0 Å². The Hall–Kier alpha value is -1.41. The topological polar surface area (TPSA) is 15.8 Å². The maximum Gasteiger partial charge on any atom is 0.111 e. The first-order valence-corrected chi connectivity index (χ1v) is 4.52. The monoisotopic (exact) mass is 187 g/mol. The van der Waals surface area contributed by atoms with Crippen molar-refractivity contribution in [1.29, 1.82) is 0 Å². The SMILES string of the molecule is S=c1[nH]cccc1-c1ccccc1. The first-order chi connectivity index (χ1) is 6.38. The zero-order valence-electron chi connectivity index (χ0n) is 7.03. The number of H-pyrrole nitrogens is 1. The maximum absolute atomic E-state index is 5.18. The van der Waals surface area contributed by atoms with Crippen molar-refractivity contribution in [3.8, 4) is 11.1 Å². The van der Waals surface area contributed by atoms with E-state index >= 15 is 0 Å². The number of aromatic amines is 1. The molecule has 1 N–H and O–H groups in total. The van der Waals surface area contributed by atoms with E-state index in [1.165, 1.54) is 0 Å². The molecule has 64 valence electrons. The smallest absolute Gasteiger partial charge is 0.111 e. The Morgan fingerprint density at radius 2 is 1.69 bits per heavy atom. The number of rotatable bonds is 1. The minimum atomic E-state index is 0.786. The van der Waals surface area contributed by atoms with Crippen molar-refractivity contribution in [2.24, 2.45) is 0 Å². The van der Waals surface area contributed by atoms with Gasteiger partial charge in [-0.05, 0) is 17.7 Å². The van der Waals surface area contributed by atoms with Crippen LogP contribution in [-0.4, -0.2) is 4.98 Å². The summed E-state index contributed by atoms with van der Waals surface area (Å²) in [5, 5.41) is 0. The average molecular weight is 187 g/mol. The first kappa shape index (κ1) is 8.20. The molecule has 0 saturated carbocycles. The number of nitrogens with one attached hydrogen (secondary N) is 1. The molecule has 0 atom stereocenters.